The lowest BCUT2D eigenvalue weighted by Gasteiger charge is -2.38. The van der Waals surface area contributed by atoms with Crippen molar-refractivity contribution >= 4 is 22.9 Å². The second kappa shape index (κ2) is 7.49. The molecule has 1 aromatic heterocycles. The van der Waals surface area contributed by atoms with Crippen LogP contribution in [0.15, 0.2) is 35.1 Å². The molecule has 1 spiro atoms. The van der Waals surface area contributed by atoms with Crippen molar-refractivity contribution in [2.24, 2.45) is 5.41 Å². The van der Waals surface area contributed by atoms with Crippen molar-refractivity contribution in [2.45, 2.75) is 51.0 Å². The molecule has 1 aromatic carbocycles. The molecule has 1 N–H and O–H groups in total. The summed E-state index contributed by atoms with van der Waals surface area (Å²) in [7, 11) is 0. The number of hydrogen-bond acceptors (Lipinski definition) is 4. The summed E-state index contributed by atoms with van der Waals surface area (Å²) < 4.78 is 0. The van der Waals surface area contributed by atoms with E-state index in [1.807, 2.05) is 12.1 Å². The standard InChI is InChI=1S/C25H29ClN4O/c26-20-3-1-2-4-22(20)30-13-11-29(12-14-30)18-6-5-17(15-18)23-27-21-7-8-25(9-10-25)16-19(21)24(31)28-23/h1-4,15,18H,5-14,16H2,(H,27,28,31)/t18-/m1/s1. The van der Waals surface area contributed by atoms with Gasteiger partial charge in [0.15, 0.2) is 0 Å². The number of aromatic amines is 1. The highest BCUT2D eigenvalue weighted by atomic mass is 35.5. The summed E-state index contributed by atoms with van der Waals surface area (Å²) in [5, 5.41) is 0.828. The van der Waals surface area contributed by atoms with E-state index in [2.05, 4.69) is 33.0 Å². The third-order valence-corrected chi connectivity index (χ3v) is 8.21. The lowest BCUT2D eigenvalue weighted by Crippen LogP contribution is -2.49. The fourth-order valence-corrected chi connectivity index (χ4v) is 5.98. The second-order valence-electron chi connectivity index (χ2n) is 9.79. The second-order valence-corrected chi connectivity index (χ2v) is 10.2. The van der Waals surface area contributed by atoms with E-state index in [1.165, 1.54) is 24.8 Å². The first-order valence-corrected chi connectivity index (χ1v) is 12.0. The molecule has 0 radical (unpaired) electrons. The summed E-state index contributed by atoms with van der Waals surface area (Å²) in [5.41, 5.74) is 4.89. The highest BCUT2D eigenvalue weighted by molar-refractivity contribution is 6.33. The van der Waals surface area contributed by atoms with Crippen LogP contribution < -0.4 is 10.5 Å². The van der Waals surface area contributed by atoms with Crippen molar-refractivity contribution in [1.82, 2.24) is 14.9 Å². The summed E-state index contributed by atoms with van der Waals surface area (Å²) >= 11 is 6.39. The molecule has 2 fully saturated rings. The molecule has 3 aliphatic carbocycles. The molecular formula is C25H29ClN4O. The Morgan fingerprint density at radius 1 is 1.06 bits per heavy atom. The van der Waals surface area contributed by atoms with E-state index in [-0.39, 0.29) is 5.56 Å². The van der Waals surface area contributed by atoms with Gasteiger partial charge in [-0.3, -0.25) is 9.69 Å². The van der Waals surface area contributed by atoms with Gasteiger partial charge in [0.25, 0.3) is 5.56 Å². The maximum Gasteiger partial charge on any atom is 0.254 e. The Morgan fingerprint density at radius 2 is 1.87 bits per heavy atom. The molecule has 6 rings (SSSR count). The minimum absolute atomic E-state index is 0.101. The summed E-state index contributed by atoms with van der Waals surface area (Å²) in [4.78, 5) is 25.8. The number of aryl methyl sites for hydroxylation is 1. The quantitative estimate of drug-likeness (QED) is 0.788. The normalized spacial score (nSPS) is 24.9. The number of benzene rings is 1. The zero-order valence-corrected chi connectivity index (χ0v) is 18.6. The van der Waals surface area contributed by atoms with Crippen molar-refractivity contribution < 1.29 is 0 Å². The number of allylic oxidation sites excluding steroid dienone is 1. The van der Waals surface area contributed by atoms with Gasteiger partial charge in [0, 0.05) is 37.8 Å². The number of rotatable bonds is 3. The first-order valence-electron chi connectivity index (χ1n) is 11.7. The van der Waals surface area contributed by atoms with Crippen molar-refractivity contribution in [3.05, 3.63) is 62.8 Å². The Kier molecular flexibility index (Phi) is 4.73. The van der Waals surface area contributed by atoms with Gasteiger partial charge in [-0.15, -0.1) is 0 Å². The third kappa shape index (κ3) is 3.62. The molecule has 31 heavy (non-hydrogen) atoms. The van der Waals surface area contributed by atoms with Crippen LogP contribution in [0.4, 0.5) is 5.69 Å². The monoisotopic (exact) mass is 436 g/mol. The highest BCUT2D eigenvalue weighted by Gasteiger charge is 2.45. The Hall–Kier alpha value is -2.11. The van der Waals surface area contributed by atoms with Crippen LogP contribution in [0.3, 0.4) is 0 Å². The molecule has 0 unspecified atom stereocenters. The molecule has 0 amide bonds. The molecule has 1 atom stereocenters. The van der Waals surface area contributed by atoms with Crippen LogP contribution in [0.1, 0.15) is 49.2 Å². The number of aromatic nitrogens is 2. The largest absolute Gasteiger partial charge is 0.368 e. The van der Waals surface area contributed by atoms with Crippen molar-refractivity contribution in [1.29, 1.82) is 0 Å². The smallest absolute Gasteiger partial charge is 0.254 e. The number of nitrogens with zero attached hydrogens (tertiary/aromatic N) is 3. The molecular weight excluding hydrogens is 408 g/mol. The number of piperazine rings is 1. The molecule has 0 bridgehead atoms. The average Bonchev–Trinajstić information content (AvgIpc) is 3.35. The Labute approximate surface area is 188 Å². The van der Waals surface area contributed by atoms with Gasteiger partial charge in [-0.1, -0.05) is 29.8 Å². The van der Waals surface area contributed by atoms with Crippen LogP contribution in [0.25, 0.3) is 5.57 Å². The third-order valence-electron chi connectivity index (χ3n) is 7.89. The Balaban J connectivity index is 1.15. The SMILES string of the molecule is O=c1[nH]c(C2=C[C@H](N3CCN(c4ccccc4Cl)CC3)CC2)nc2c1CC1(CC2)CC1. The minimum Gasteiger partial charge on any atom is -0.368 e. The van der Waals surface area contributed by atoms with Crippen molar-refractivity contribution in [2.75, 3.05) is 31.1 Å². The summed E-state index contributed by atoms with van der Waals surface area (Å²) in [6.45, 7) is 4.02. The van der Waals surface area contributed by atoms with E-state index >= 15 is 0 Å². The summed E-state index contributed by atoms with van der Waals surface area (Å²) in [6.07, 6.45) is 10.1. The van der Waals surface area contributed by atoms with E-state index in [0.29, 0.717) is 11.5 Å². The maximum absolute atomic E-state index is 12.8. The van der Waals surface area contributed by atoms with Gasteiger partial charge in [0.2, 0.25) is 0 Å². The number of halogens is 1. The topological polar surface area (TPSA) is 52.2 Å². The fraction of sp³-hybridized carbons (Fsp3) is 0.520. The number of fused-ring (bicyclic) bond motifs is 1. The number of para-hydroxylation sites is 1. The molecule has 1 saturated heterocycles. The van der Waals surface area contributed by atoms with Gasteiger partial charge < -0.3 is 9.88 Å². The van der Waals surface area contributed by atoms with Gasteiger partial charge in [-0.2, -0.15) is 0 Å². The fourth-order valence-electron chi connectivity index (χ4n) is 5.73. The minimum atomic E-state index is 0.101. The lowest BCUT2D eigenvalue weighted by atomic mass is 9.84. The summed E-state index contributed by atoms with van der Waals surface area (Å²) in [6, 6.07) is 8.53. The van der Waals surface area contributed by atoms with Crippen LogP contribution in [0.5, 0.6) is 0 Å². The van der Waals surface area contributed by atoms with E-state index in [1.54, 1.807) is 0 Å². The highest BCUT2D eigenvalue weighted by Crippen LogP contribution is 2.53. The predicted molar refractivity (Wildman–Crippen MR) is 125 cm³/mol. The molecule has 162 valence electrons. The molecule has 6 heteroatoms. The number of nitrogens with one attached hydrogen (secondary N) is 1. The van der Waals surface area contributed by atoms with Gasteiger partial charge in [0.05, 0.1) is 16.4 Å². The first-order chi connectivity index (χ1) is 15.1. The van der Waals surface area contributed by atoms with Gasteiger partial charge >= 0.3 is 0 Å². The van der Waals surface area contributed by atoms with E-state index < -0.39 is 0 Å². The van der Waals surface area contributed by atoms with Gasteiger partial charge in [0.1, 0.15) is 5.82 Å². The van der Waals surface area contributed by atoms with E-state index in [9.17, 15) is 4.79 Å². The van der Waals surface area contributed by atoms with Crippen molar-refractivity contribution in [3.8, 4) is 0 Å². The average molecular weight is 437 g/mol. The zero-order valence-electron chi connectivity index (χ0n) is 17.9. The molecule has 1 aliphatic heterocycles. The summed E-state index contributed by atoms with van der Waals surface area (Å²) in [5.74, 6) is 0.813. The van der Waals surface area contributed by atoms with Crippen LogP contribution in [0, 0.1) is 5.41 Å². The van der Waals surface area contributed by atoms with Gasteiger partial charge in [-0.25, -0.2) is 4.98 Å². The number of hydrogen-bond donors (Lipinski definition) is 1. The van der Waals surface area contributed by atoms with Gasteiger partial charge in [-0.05, 0) is 68.1 Å². The Bertz CT molecular complexity index is 1090. The predicted octanol–water partition coefficient (Wildman–Crippen LogP) is 4.06. The lowest BCUT2D eigenvalue weighted by molar-refractivity contribution is 0.214. The van der Waals surface area contributed by atoms with Crippen LogP contribution >= 0.6 is 11.6 Å². The van der Waals surface area contributed by atoms with Crippen molar-refractivity contribution in [3.63, 3.8) is 0 Å². The number of H-pyrrole nitrogens is 1. The molecule has 5 nitrogen and oxygen atoms in total. The number of anilines is 1. The molecule has 1 saturated carbocycles. The zero-order chi connectivity index (χ0) is 21.0. The van der Waals surface area contributed by atoms with E-state index in [4.69, 9.17) is 16.6 Å². The van der Waals surface area contributed by atoms with E-state index in [0.717, 1.165) is 79.7 Å². The molecule has 2 aromatic rings. The molecule has 4 aliphatic rings. The van der Waals surface area contributed by atoms with Crippen LogP contribution in [-0.2, 0) is 12.8 Å². The maximum atomic E-state index is 12.8. The Morgan fingerprint density at radius 3 is 2.65 bits per heavy atom. The van der Waals surface area contributed by atoms with Crippen LogP contribution in [0.2, 0.25) is 5.02 Å². The molecule has 2 heterocycles. The first kappa shape index (κ1) is 19.6. The van der Waals surface area contributed by atoms with Crippen LogP contribution in [-0.4, -0.2) is 47.1 Å².